The number of benzene rings is 2. The average molecular weight is 423 g/mol. The molecule has 0 spiro atoms. The minimum atomic E-state index is -4.31. The number of rotatable bonds is 4. The Morgan fingerprint density at radius 1 is 1.29 bits per heavy atom. The van der Waals surface area contributed by atoms with Crippen LogP contribution in [0.15, 0.2) is 36.4 Å². The molecule has 28 heavy (non-hydrogen) atoms. The molecule has 2 atom stereocenters. The van der Waals surface area contributed by atoms with Crippen LogP contribution in [0.25, 0.3) is 0 Å². The third kappa shape index (κ3) is 3.87. The summed E-state index contributed by atoms with van der Waals surface area (Å²) in [6.07, 6.45) is 0.633. The first-order valence-electron chi connectivity index (χ1n) is 8.86. The standard InChI is InChI=1S/C20H23ClN2O4S/c1-11(28(25,26)27)14-6-4-12(19(22)24)8-15(14)18-10-20(2,3)16-9-13(21)5-7-17(16)23-18/h4-9,11,18,23H,10H2,1-3H3,(H2,22,24)(H,25,26,27). The number of carbonyl (C=O) groups excluding carboxylic acids is 1. The number of nitrogens with one attached hydrogen (secondary N) is 1. The van der Waals surface area contributed by atoms with Crippen LogP contribution in [0, 0.1) is 0 Å². The van der Waals surface area contributed by atoms with Crippen molar-refractivity contribution in [3.63, 3.8) is 0 Å². The predicted octanol–water partition coefficient (Wildman–Crippen LogP) is 4.22. The number of anilines is 1. The van der Waals surface area contributed by atoms with Crippen molar-refractivity contribution in [2.75, 3.05) is 5.32 Å². The molecule has 1 aliphatic rings. The van der Waals surface area contributed by atoms with Crippen LogP contribution in [-0.4, -0.2) is 18.9 Å². The predicted molar refractivity (Wildman–Crippen MR) is 110 cm³/mol. The minimum Gasteiger partial charge on any atom is -0.378 e. The Morgan fingerprint density at radius 2 is 1.96 bits per heavy atom. The van der Waals surface area contributed by atoms with E-state index in [9.17, 15) is 17.8 Å². The molecule has 150 valence electrons. The van der Waals surface area contributed by atoms with E-state index in [4.69, 9.17) is 17.3 Å². The maximum atomic E-state index is 11.8. The summed E-state index contributed by atoms with van der Waals surface area (Å²) in [5, 5.41) is 2.93. The summed E-state index contributed by atoms with van der Waals surface area (Å²) in [5.74, 6) is -0.602. The molecule has 1 amide bonds. The maximum Gasteiger partial charge on any atom is 0.271 e. The lowest BCUT2D eigenvalue weighted by Gasteiger charge is -2.40. The molecule has 0 saturated heterocycles. The van der Waals surface area contributed by atoms with Crippen LogP contribution in [0.4, 0.5) is 5.69 Å². The molecule has 0 aliphatic carbocycles. The number of carbonyl (C=O) groups is 1. The maximum absolute atomic E-state index is 11.8. The molecule has 4 N–H and O–H groups in total. The second kappa shape index (κ2) is 7.06. The van der Waals surface area contributed by atoms with Crippen LogP contribution in [0.1, 0.15) is 65.5 Å². The summed E-state index contributed by atoms with van der Waals surface area (Å²) in [5.41, 5.74) is 8.46. The molecule has 0 radical (unpaired) electrons. The topological polar surface area (TPSA) is 109 Å². The van der Waals surface area contributed by atoms with Gasteiger partial charge in [0.25, 0.3) is 10.1 Å². The van der Waals surface area contributed by atoms with Gasteiger partial charge >= 0.3 is 0 Å². The Kier molecular flexibility index (Phi) is 5.20. The van der Waals surface area contributed by atoms with Gasteiger partial charge in [-0.15, -0.1) is 0 Å². The van der Waals surface area contributed by atoms with Gasteiger partial charge in [-0.05, 0) is 65.8 Å². The molecule has 0 bridgehead atoms. The second-order valence-electron chi connectivity index (χ2n) is 7.84. The van der Waals surface area contributed by atoms with Gasteiger partial charge in [0.15, 0.2) is 0 Å². The summed E-state index contributed by atoms with van der Waals surface area (Å²) >= 11 is 6.16. The lowest BCUT2D eigenvalue weighted by atomic mass is 9.73. The van der Waals surface area contributed by atoms with Gasteiger partial charge in [-0.3, -0.25) is 9.35 Å². The van der Waals surface area contributed by atoms with E-state index >= 15 is 0 Å². The Balaban J connectivity index is 2.15. The van der Waals surface area contributed by atoms with Crippen molar-refractivity contribution in [1.82, 2.24) is 0 Å². The van der Waals surface area contributed by atoms with Gasteiger partial charge < -0.3 is 11.1 Å². The van der Waals surface area contributed by atoms with E-state index < -0.39 is 21.3 Å². The van der Waals surface area contributed by atoms with Crippen molar-refractivity contribution in [2.24, 2.45) is 5.73 Å². The number of amides is 1. The zero-order valence-electron chi connectivity index (χ0n) is 15.9. The Hall–Kier alpha value is -2.09. The highest BCUT2D eigenvalue weighted by molar-refractivity contribution is 7.86. The van der Waals surface area contributed by atoms with Gasteiger partial charge in [0.2, 0.25) is 5.91 Å². The van der Waals surface area contributed by atoms with Gasteiger partial charge in [-0.1, -0.05) is 31.5 Å². The fourth-order valence-corrected chi connectivity index (χ4v) is 4.52. The Labute approximate surface area is 169 Å². The monoisotopic (exact) mass is 422 g/mol. The molecule has 0 fully saturated rings. The van der Waals surface area contributed by atoms with E-state index in [1.54, 1.807) is 18.2 Å². The molecule has 8 heteroatoms. The summed E-state index contributed by atoms with van der Waals surface area (Å²) < 4.78 is 33.1. The highest BCUT2D eigenvalue weighted by Gasteiger charge is 2.36. The van der Waals surface area contributed by atoms with E-state index in [1.807, 2.05) is 12.1 Å². The average Bonchev–Trinajstić information content (AvgIpc) is 2.59. The van der Waals surface area contributed by atoms with Crippen LogP contribution >= 0.6 is 11.6 Å². The highest BCUT2D eigenvalue weighted by Crippen LogP contribution is 2.46. The number of fused-ring (bicyclic) bond motifs is 1. The van der Waals surface area contributed by atoms with Crippen molar-refractivity contribution in [2.45, 2.75) is 43.9 Å². The number of hydrogen-bond donors (Lipinski definition) is 3. The van der Waals surface area contributed by atoms with E-state index in [-0.39, 0.29) is 17.0 Å². The number of nitrogens with two attached hydrogens (primary N) is 1. The smallest absolute Gasteiger partial charge is 0.271 e. The van der Waals surface area contributed by atoms with E-state index in [2.05, 4.69) is 19.2 Å². The summed E-state index contributed by atoms with van der Waals surface area (Å²) in [6, 6.07) is 9.94. The van der Waals surface area contributed by atoms with E-state index in [0.29, 0.717) is 22.6 Å². The van der Waals surface area contributed by atoms with Gasteiger partial charge in [0.05, 0.1) is 6.04 Å². The first kappa shape index (κ1) is 20.6. The number of hydrogen-bond acceptors (Lipinski definition) is 4. The lowest BCUT2D eigenvalue weighted by Crippen LogP contribution is -2.32. The van der Waals surface area contributed by atoms with Gasteiger partial charge in [0, 0.05) is 16.3 Å². The third-order valence-corrected chi connectivity index (χ3v) is 6.77. The first-order chi connectivity index (χ1) is 12.9. The summed E-state index contributed by atoms with van der Waals surface area (Å²) in [6.45, 7) is 5.58. The Morgan fingerprint density at radius 3 is 2.57 bits per heavy atom. The zero-order valence-corrected chi connectivity index (χ0v) is 17.4. The second-order valence-corrected chi connectivity index (χ2v) is 10.0. The van der Waals surface area contributed by atoms with E-state index in [1.165, 1.54) is 13.0 Å². The van der Waals surface area contributed by atoms with Gasteiger partial charge in [-0.25, -0.2) is 0 Å². The van der Waals surface area contributed by atoms with Crippen LogP contribution in [0.5, 0.6) is 0 Å². The summed E-state index contributed by atoms with van der Waals surface area (Å²) in [7, 11) is -4.31. The molecule has 2 unspecified atom stereocenters. The number of primary amides is 1. The molecule has 2 aromatic carbocycles. The highest BCUT2D eigenvalue weighted by atomic mass is 35.5. The van der Waals surface area contributed by atoms with Crippen molar-refractivity contribution in [1.29, 1.82) is 0 Å². The SMILES string of the molecule is CC(c1ccc(C(N)=O)cc1C1CC(C)(C)c2cc(Cl)ccc2N1)S(=O)(=O)O. The largest absolute Gasteiger partial charge is 0.378 e. The molecule has 1 heterocycles. The van der Waals surface area contributed by atoms with Crippen LogP contribution < -0.4 is 11.1 Å². The summed E-state index contributed by atoms with van der Waals surface area (Å²) in [4.78, 5) is 11.7. The minimum absolute atomic E-state index is 0.253. The molecule has 1 aliphatic heterocycles. The van der Waals surface area contributed by atoms with Crippen molar-refractivity contribution < 1.29 is 17.8 Å². The van der Waals surface area contributed by atoms with Gasteiger partial charge in [-0.2, -0.15) is 8.42 Å². The molecule has 0 saturated carbocycles. The normalized spacial score (nSPS) is 19.4. The number of halogens is 1. The molecule has 3 rings (SSSR count). The fourth-order valence-electron chi connectivity index (χ4n) is 3.81. The molecular weight excluding hydrogens is 400 g/mol. The van der Waals surface area contributed by atoms with Crippen LogP contribution in [0.3, 0.4) is 0 Å². The van der Waals surface area contributed by atoms with Gasteiger partial charge in [0.1, 0.15) is 5.25 Å². The van der Waals surface area contributed by atoms with Crippen molar-refractivity contribution in [3.05, 3.63) is 63.7 Å². The van der Waals surface area contributed by atoms with Crippen LogP contribution in [0.2, 0.25) is 5.02 Å². The zero-order chi connectivity index (χ0) is 20.9. The molecular formula is C20H23ClN2O4S. The molecule has 6 nitrogen and oxygen atoms in total. The van der Waals surface area contributed by atoms with Crippen molar-refractivity contribution in [3.8, 4) is 0 Å². The van der Waals surface area contributed by atoms with E-state index in [0.717, 1.165) is 11.3 Å². The first-order valence-corrected chi connectivity index (χ1v) is 10.7. The fraction of sp³-hybridized carbons (Fsp3) is 0.350. The molecule has 0 aromatic heterocycles. The Bertz CT molecular complexity index is 1050. The lowest BCUT2D eigenvalue weighted by molar-refractivity contribution is 0.1000. The molecule has 2 aromatic rings. The quantitative estimate of drug-likeness (QED) is 0.639. The van der Waals surface area contributed by atoms with Crippen LogP contribution in [-0.2, 0) is 15.5 Å². The third-order valence-electron chi connectivity index (χ3n) is 5.39. The van der Waals surface area contributed by atoms with Crippen molar-refractivity contribution >= 4 is 33.3 Å².